The van der Waals surface area contributed by atoms with Crippen molar-refractivity contribution in [2.24, 2.45) is 0 Å². The Labute approximate surface area is 207 Å². The third-order valence-electron chi connectivity index (χ3n) is 5.52. The van der Waals surface area contributed by atoms with Crippen LogP contribution in [0.5, 0.6) is 0 Å². The molecule has 1 heterocycles. The number of halogens is 3. The van der Waals surface area contributed by atoms with E-state index in [1.165, 1.54) is 18.5 Å². The largest absolute Gasteiger partial charge is 0.417 e. The van der Waals surface area contributed by atoms with E-state index in [0.717, 1.165) is 36.0 Å². The van der Waals surface area contributed by atoms with Gasteiger partial charge in [-0.15, -0.1) is 0 Å². The lowest BCUT2D eigenvalue weighted by Gasteiger charge is -2.23. The van der Waals surface area contributed by atoms with Crippen molar-refractivity contribution in [3.8, 4) is 11.3 Å². The summed E-state index contributed by atoms with van der Waals surface area (Å²) in [5.74, 6) is -0.165. The molecule has 0 unspecified atom stereocenters. The zero-order valence-corrected chi connectivity index (χ0v) is 20.1. The first-order valence-electron chi connectivity index (χ1n) is 11.1. The third-order valence-corrected chi connectivity index (χ3v) is 6.91. The van der Waals surface area contributed by atoms with Crippen molar-refractivity contribution >= 4 is 21.5 Å². The van der Waals surface area contributed by atoms with Crippen LogP contribution >= 0.6 is 0 Å². The van der Waals surface area contributed by atoms with Crippen LogP contribution in [0.15, 0.2) is 96.2 Å². The van der Waals surface area contributed by atoms with Gasteiger partial charge in [0.15, 0.2) is 5.82 Å². The molecule has 0 radical (unpaired) electrons. The lowest BCUT2D eigenvalue weighted by atomic mass is 10.1. The first-order valence-corrected chi connectivity index (χ1v) is 12.6. The molecule has 10 heteroatoms. The lowest BCUT2D eigenvalue weighted by Crippen LogP contribution is -2.21. The van der Waals surface area contributed by atoms with Gasteiger partial charge >= 0.3 is 6.18 Å². The molecule has 0 fully saturated rings. The van der Waals surface area contributed by atoms with Crippen LogP contribution in [0.3, 0.4) is 0 Å². The van der Waals surface area contributed by atoms with Gasteiger partial charge < -0.3 is 4.90 Å². The number of anilines is 2. The van der Waals surface area contributed by atoms with Crippen LogP contribution in [-0.2, 0) is 22.7 Å². The molecular formula is C26H23F3N4O2S. The fourth-order valence-corrected chi connectivity index (χ4v) is 5.00. The number of alkyl halides is 3. The molecule has 1 aromatic heterocycles. The van der Waals surface area contributed by atoms with Gasteiger partial charge in [0.05, 0.1) is 10.5 Å². The number of aromatic nitrogens is 2. The molecule has 0 aliphatic rings. The molecule has 0 amide bonds. The predicted octanol–water partition coefficient (Wildman–Crippen LogP) is 5.99. The molecule has 36 heavy (non-hydrogen) atoms. The summed E-state index contributed by atoms with van der Waals surface area (Å²) in [5, 5.41) is 0. The minimum atomic E-state index is -4.83. The lowest BCUT2D eigenvalue weighted by molar-refractivity contribution is -0.139. The molecule has 186 valence electrons. The summed E-state index contributed by atoms with van der Waals surface area (Å²) in [6.07, 6.45) is -2.18. The summed E-state index contributed by atoms with van der Waals surface area (Å²) in [7, 11) is -4.59. The van der Waals surface area contributed by atoms with Crippen LogP contribution in [0.2, 0.25) is 0 Å². The summed E-state index contributed by atoms with van der Waals surface area (Å²) >= 11 is 0. The van der Waals surface area contributed by atoms with Crippen molar-refractivity contribution in [3.63, 3.8) is 0 Å². The van der Waals surface area contributed by atoms with E-state index in [-0.39, 0.29) is 11.5 Å². The molecule has 1 N–H and O–H groups in total. The Morgan fingerprint density at radius 3 is 2.17 bits per heavy atom. The maximum Gasteiger partial charge on any atom is 0.417 e. The topological polar surface area (TPSA) is 75.2 Å². The molecular weight excluding hydrogens is 489 g/mol. The maximum atomic E-state index is 13.4. The molecule has 0 saturated heterocycles. The van der Waals surface area contributed by atoms with Gasteiger partial charge in [0.1, 0.15) is 5.69 Å². The fourth-order valence-electron chi connectivity index (χ4n) is 3.75. The van der Waals surface area contributed by atoms with Gasteiger partial charge in [-0.3, -0.25) is 9.71 Å². The third kappa shape index (κ3) is 5.65. The highest BCUT2D eigenvalue weighted by Gasteiger charge is 2.37. The molecule has 0 saturated carbocycles. The van der Waals surface area contributed by atoms with E-state index in [4.69, 9.17) is 0 Å². The van der Waals surface area contributed by atoms with Crippen LogP contribution in [0.25, 0.3) is 11.3 Å². The van der Waals surface area contributed by atoms with Crippen molar-refractivity contribution in [1.82, 2.24) is 9.97 Å². The smallest absolute Gasteiger partial charge is 0.367 e. The highest BCUT2D eigenvalue weighted by Crippen LogP contribution is 2.35. The fraction of sp³-hybridized carbons (Fsp3) is 0.154. The number of para-hydroxylation sites is 1. The number of nitrogens with one attached hydrogen (secondary N) is 1. The van der Waals surface area contributed by atoms with E-state index < -0.39 is 26.7 Å². The Bertz CT molecular complexity index is 1430. The summed E-state index contributed by atoms with van der Waals surface area (Å²) in [6, 6.07) is 21.3. The second-order valence-electron chi connectivity index (χ2n) is 7.90. The first-order chi connectivity index (χ1) is 17.2. The number of hydrogen-bond acceptors (Lipinski definition) is 5. The van der Waals surface area contributed by atoms with E-state index in [1.807, 2.05) is 42.5 Å². The Kier molecular flexibility index (Phi) is 7.25. The van der Waals surface area contributed by atoms with Crippen molar-refractivity contribution in [3.05, 3.63) is 102 Å². The summed E-state index contributed by atoms with van der Waals surface area (Å²) in [5.41, 5.74) is 1.62. The molecule has 0 aliphatic carbocycles. The molecule has 0 atom stereocenters. The van der Waals surface area contributed by atoms with Crippen LogP contribution in [0.1, 0.15) is 18.1 Å². The highest BCUT2D eigenvalue weighted by molar-refractivity contribution is 7.92. The van der Waals surface area contributed by atoms with Crippen molar-refractivity contribution in [2.75, 3.05) is 16.2 Å². The van der Waals surface area contributed by atoms with Crippen LogP contribution < -0.4 is 9.62 Å². The molecule has 0 spiro atoms. The van der Waals surface area contributed by atoms with Gasteiger partial charge in [0.25, 0.3) is 10.0 Å². The predicted molar refractivity (Wildman–Crippen MR) is 133 cm³/mol. The summed E-state index contributed by atoms with van der Waals surface area (Å²) in [4.78, 5) is 9.59. The van der Waals surface area contributed by atoms with Gasteiger partial charge in [-0.1, -0.05) is 54.6 Å². The molecule has 4 aromatic rings. The quantitative estimate of drug-likeness (QED) is 0.314. The Balaban J connectivity index is 1.60. The van der Waals surface area contributed by atoms with Crippen LogP contribution in [0.4, 0.5) is 24.7 Å². The molecule has 0 bridgehead atoms. The van der Waals surface area contributed by atoms with E-state index in [2.05, 4.69) is 26.5 Å². The Hall–Kier alpha value is -3.92. The minimum Gasteiger partial charge on any atom is -0.367 e. The molecule has 0 aliphatic heterocycles. The van der Waals surface area contributed by atoms with E-state index in [1.54, 1.807) is 12.1 Å². The van der Waals surface area contributed by atoms with Gasteiger partial charge in [0.2, 0.25) is 0 Å². The van der Waals surface area contributed by atoms with Gasteiger partial charge in [-0.2, -0.15) is 13.2 Å². The normalized spacial score (nSPS) is 11.8. The highest BCUT2D eigenvalue weighted by atomic mass is 32.2. The second kappa shape index (κ2) is 10.4. The standard InChI is InChI=1S/C26H23F3N4O2S/c1-2-33(21-8-4-3-5-9-21)18-19-12-14-20(15-13-19)24-25(31-17-16-30-24)32-36(34,35)23-11-7-6-10-22(23)26(27,28)29/h3-17H,2,18H2,1H3,(H,31,32). The first kappa shape index (κ1) is 25.2. The van der Waals surface area contributed by atoms with E-state index >= 15 is 0 Å². The van der Waals surface area contributed by atoms with Crippen LogP contribution in [0, 0.1) is 0 Å². The number of sulfonamides is 1. The van der Waals surface area contributed by atoms with Gasteiger partial charge in [-0.25, -0.2) is 13.4 Å². The monoisotopic (exact) mass is 512 g/mol. The number of hydrogen-bond donors (Lipinski definition) is 1. The van der Waals surface area contributed by atoms with Crippen molar-refractivity contribution in [1.29, 1.82) is 0 Å². The van der Waals surface area contributed by atoms with Gasteiger partial charge in [-0.05, 0) is 36.8 Å². The molecule has 4 rings (SSSR count). The van der Waals surface area contributed by atoms with Crippen LogP contribution in [-0.4, -0.2) is 24.9 Å². The second-order valence-corrected chi connectivity index (χ2v) is 9.55. The zero-order chi connectivity index (χ0) is 25.8. The zero-order valence-electron chi connectivity index (χ0n) is 19.3. The van der Waals surface area contributed by atoms with E-state index in [0.29, 0.717) is 12.1 Å². The summed E-state index contributed by atoms with van der Waals surface area (Å²) in [6.45, 7) is 3.53. The molecule has 6 nitrogen and oxygen atoms in total. The van der Waals surface area contributed by atoms with Crippen molar-refractivity contribution < 1.29 is 21.6 Å². The van der Waals surface area contributed by atoms with E-state index in [9.17, 15) is 21.6 Å². The molecule has 3 aromatic carbocycles. The number of nitrogens with zero attached hydrogens (tertiary/aromatic N) is 3. The maximum absolute atomic E-state index is 13.4. The Morgan fingerprint density at radius 1 is 0.861 bits per heavy atom. The SMILES string of the molecule is CCN(Cc1ccc(-c2nccnc2NS(=O)(=O)c2ccccc2C(F)(F)F)cc1)c1ccccc1. The average Bonchev–Trinajstić information content (AvgIpc) is 2.88. The average molecular weight is 513 g/mol. The number of benzene rings is 3. The number of rotatable bonds is 8. The minimum absolute atomic E-state index is 0.165. The van der Waals surface area contributed by atoms with Gasteiger partial charge in [0, 0.05) is 36.7 Å². The van der Waals surface area contributed by atoms with Crippen molar-refractivity contribution in [2.45, 2.75) is 24.5 Å². The summed E-state index contributed by atoms with van der Waals surface area (Å²) < 4.78 is 68.2. The Morgan fingerprint density at radius 2 is 1.50 bits per heavy atom.